The van der Waals surface area contributed by atoms with Gasteiger partial charge in [-0.15, -0.1) is 0 Å². The van der Waals surface area contributed by atoms with Crippen molar-refractivity contribution in [2.45, 2.75) is 45.7 Å². The largest absolute Gasteiger partial charge is 0.340 e. The third kappa shape index (κ3) is 2.21. The fourth-order valence-electron chi connectivity index (χ4n) is 1.62. The molecule has 3 atom stereocenters. The van der Waals surface area contributed by atoms with E-state index in [1.165, 1.54) is 0 Å². The second kappa shape index (κ2) is 4.09. The van der Waals surface area contributed by atoms with Gasteiger partial charge >= 0.3 is 0 Å². The minimum absolute atomic E-state index is 0.119. The molecule has 1 amide bonds. The van der Waals surface area contributed by atoms with Crippen molar-refractivity contribution in [3.05, 3.63) is 0 Å². The van der Waals surface area contributed by atoms with Crippen molar-refractivity contribution in [1.82, 2.24) is 4.90 Å². The number of amides is 1. The maximum atomic E-state index is 11.8. The van der Waals surface area contributed by atoms with Crippen molar-refractivity contribution in [2.24, 2.45) is 11.7 Å². The summed E-state index contributed by atoms with van der Waals surface area (Å²) in [4.78, 5) is 13.7. The van der Waals surface area contributed by atoms with Crippen molar-refractivity contribution < 1.29 is 4.79 Å². The minimum atomic E-state index is 0.119. The van der Waals surface area contributed by atoms with Gasteiger partial charge in [-0.1, -0.05) is 6.92 Å². The number of hydrogen-bond donors (Lipinski definition) is 1. The van der Waals surface area contributed by atoms with Gasteiger partial charge in [0, 0.05) is 18.6 Å². The highest BCUT2D eigenvalue weighted by molar-refractivity contribution is 5.82. The monoisotopic (exact) mass is 184 g/mol. The summed E-state index contributed by atoms with van der Waals surface area (Å²) in [6, 6.07) is 0.482. The molecule has 0 spiro atoms. The third-order valence-corrected chi connectivity index (χ3v) is 2.90. The lowest BCUT2D eigenvalue weighted by Crippen LogP contribution is -2.40. The van der Waals surface area contributed by atoms with Crippen LogP contribution < -0.4 is 5.73 Å². The second-order valence-corrected chi connectivity index (χ2v) is 3.89. The molecule has 0 radical (unpaired) electrons. The topological polar surface area (TPSA) is 46.3 Å². The molecule has 3 nitrogen and oxygen atoms in total. The molecule has 0 saturated heterocycles. The molecule has 0 aromatic carbocycles. The van der Waals surface area contributed by atoms with E-state index in [1.807, 2.05) is 11.8 Å². The fourth-order valence-corrected chi connectivity index (χ4v) is 1.62. The van der Waals surface area contributed by atoms with Gasteiger partial charge in [0.15, 0.2) is 0 Å². The van der Waals surface area contributed by atoms with Gasteiger partial charge in [-0.25, -0.2) is 0 Å². The molecule has 0 heterocycles. The van der Waals surface area contributed by atoms with Crippen molar-refractivity contribution in [3.63, 3.8) is 0 Å². The van der Waals surface area contributed by atoms with E-state index in [1.54, 1.807) is 0 Å². The molecule has 76 valence electrons. The Bertz CT molecular complexity index is 193. The fraction of sp³-hybridized carbons (Fsp3) is 0.900. The van der Waals surface area contributed by atoms with Gasteiger partial charge in [-0.3, -0.25) is 4.79 Å². The molecule has 3 unspecified atom stereocenters. The number of rotatable bonds is 4. The molecule has 3 heteroatoms. The number of carbonyl (C=O) groups excluding carboxylic acids is 1. The third-order valence-electron chi connectivity index (χ3n) is 2.90. The summed E-state index contributed by atoms with van der Waals surface area (Å²) in [7, 11) is 0. The molecular weight excluding hydrogens is 164 g/mol. The molecule has 0 aromatic rings. The van der Waals surface area contributed by atoms with Crippen LogP contribution in [0.15, 0.2) is 0 Å². The lowest BCUT2D eigenvalue weighted by molar-refractivity contribution is -0.134. The zero-order chi connectivity index (χ0) is 10.0. The Morgan fingerprint density at radius 2 is 2.15 bits per heavy atom. The maximum absolute atomic E-state index is 11.8. The van der Waals surface area contributed by atoms with E-state index < -0.39 is 0 Å². The molecular formula is C10H20N2O. The first-order valence-electron chi connectivity index (χ1n) is 5.17. The van der Waals surface area contributed by atoms with Crippen LogP contribution in [0.5, 0.6) is 0 Å². The van der Waals surface area contributed by atoms with Gasteiger partial charge in [-0.2, -0.15) is 0 Å². The Morgan fingerprint density at radius 1 is 1.62 bits per heavy atom. The number of carbonyl (C=O) groups is 1. The second-order valence-electron chi connectivity index (χ2n) is 3.89. The Hall–Kier alpha value is -0.570. The van der Waals surface area contributed by atoms with Gasteiger partial charge in [0.2, 0.25) is 5.91 Å². The van der Waals surface area contributed by atoms with Gasteiger partial charge in [0.25, 0.3) is 0 Å². The van der Waals surface area contributed by atoms with Crippen LogP contribution in [-0.2, 0) is 4.79 Å². The van der Waals surface area contributed by atoms with E-state index in [9.17, 15) is 4.79 Å². The summed E-state index contributed by atoms with van der Waals surface area (Å²) in [6.07, 6.45) is 1.90. The highest BCUT2D eigenvalue weighted by Gasteiger charge is 2.42. The first-order valence-corrected chi connectivity index (χ1v) is 5.17. The van der Waals surface area contributed by atoms with Crippen LogP contribution in [0, 0.1) is 5.92 Å². The summed E-state index contributed by atoms with van der Waals surface area (Å²) in [5, 5.41) is 0. The van der Waals surface area contributed by atoms with Crippen LogP contribution in [0.4, 0.5) is 0 Å². The molecule has 0 bridgehead atoms. The van der Waals surface area contributed by atoms with E-state index in [-0.39, 0.29) is 17.9 Å². The smallest absolute Gasteiger partial charge is 0.227 e. The SMILES string of the molecule is CCC(C)N(CC)C(=O)C1CC1N. The average Bonchev–Trinajstić information content (AvgIpc) is 2.83. The number of nitrogens with zero attached hydrogens (tertiary/aromatic N) is 1. The Balaban J connectivity index is 2.50. The number of nitrogens with two attached hydrogens (primary N) is 1. The molecule has 0 aliphatic heterocycles. The predicted octanol–water partition coefficient (Wildman–Crippen LogP) is 0.981. The Labute approximate surface area is 80.3 Å². The van der Waals surface area contributed by atoms with Gasteiger partial charge < -0.3 is 10.6 Å². The summed E-state index contributed by atoms with van der Waals surface area (Å²) in [6.45, 7) is 7.03. The molecule has 1 aliphatic rings. The lowest BCUT2D eigenvalue weighted by Gasteiger charge is -2.27. The van der Waals surface area contributed by atoms with E-state index in [2.05, 4.69) is 13.8 Å². The van der Waals surface area contributed by atoms with Crippen molar-refractivity contribution in [1.29, 1.82) is 0 Å². The van der Waals surface area contributed by atoms with E-state index >= 15 is 0 Å². The molecule has 1 aliphatic carbocycles. The Morgan fingerprint density at radius 3 is 2.46 bits per heavy atom. The summed E-state index contributed by atoms with van der Waals surface area (Å²) in [5.41, 5.74) is 5.65. The zero-order valence-electron chi connectivity index (χ0n) is 8.79. The predicted molar refractivity (Wildman–Crippen MR) is 53.2 cm³/mol. The summed E-state index contributed by atoms with van der Waals surface area (Å²) in [5.74, 6) is 0.373. The molecule has 1 fully saturated rings. The van der Waals surface area contributed by atoms with E-state index in [0.717, 1.165) is 19.4 Å². The van der Waals surface area contributed by atoms with Crippen LogP contribution in [0.25, 0.3) is 0 Å². The molecule has 13 heavy (non-hydrogen) atoms. The lowest BCUT2D eigenvalue weighted by atomic mass is 10.2. The van der Waals surface area contributed by atoms with Crippen LogP contribution in [0.2, 0.25) is 0 Å². The highest BCUT2D eigenvalue weighted by atomic mass is 16.2. The van der Waals surface area contributed by atoms with Crippen molar-refractivity contribution in [2.75, 3.05) is 6.54 Å². The van der Waals surface area contributed by atoms with E-state index in [0.29, 0.717) is 6.04 Å². The van der Waals surface area contributed by atoms with Crippen LogP contribution in [0.3, 0.4) is 0 Å². The standard InChI is InChI=1S/C10H20N2O/c1-4-7(3)12(5-2)10(13)8-6-9(8)11/h7-9H,4-6,11H2,1-3H3. The summed E-state index contributed by atoms with van der Waals surface area (Å²) >= 11 is 0. The zero-order valence-corrected chi connectivity index (χ0v) is 8.79. The van der Waals surface area contributed by atoms with Crippen LogP contribution >= 0.6 is 0 Å². The van der Waals surface area contributed by atoms with Gasteiger partial charge in [0.1, 0.15) is 0 Å². The quantitative estimate of drug-likeness (QED) is 0.708. The number of hydrogen-bond acceptors (Lipinski definition) is 2. The van der Waals surface area contributed by atoms with E-state index in [4.69, 9.17) is 5.73 Å². The minimum Gasteiger partial charge on any atom is -0.340 e. The normalized spacial score (nSPS) is 28.3. The van der Waals surface area contributed by atoms with Gasteiger partial charge in [-0.05, 0) is 26.7 Å². The molecule has 1 rings (SSSR count). The van der Waals surface area contributed by atoms with Crippen LogP contribution in [-0.4, -0.2) is 29.4 Å². The maximum Gasteiger partial charge on any atom is 0.227 e. The van der Waals surface area contributed by atoms with Gasteiger partial charge in [0.05, 0.1) is 5.92 Å². The first kappa shape index (κ1) is 10.5. The highest BCUT2D eigenvalue weighted by Crippen LogP contribution is 2.30. The Kier molecular flexibility index (Phi) is 3.31. The van der Waals surface area contributed by atoms with Crippen molar-refractivity contribution in [3.8, 4) is 0 Å². The first-order chi connectivity index (χ1) is 6.11. The molecule has 1 saturated carbocycles. The molecule has 2 N–H and O–H groups in total. The average molecular weight is 184 g/mol. The molecule has 0 aromatic heterocycles. The van der Waals surface area contributed by atoms with Crippen molar-refractivity contribution >= 4 is 5.91 Å². The van der Waals surface area contributed by atoms with Crippen LogP contribution in [0.1, 0.15) is 33.6 Å². The summed E-state index contributed by atoms with van der Waals surface area (Å²) < 4.78 is 0.